The van der Waals surface area contributed by atoms with Crippen molar-refractivity contribution in [3.63, 3.8) is 0 Å². The van der Waals surface area contributed by atoms with E-state index in [1.807, 2.05) is 18.5 Å². The molecule has 132 valence electrons. The lowest BCUT2D eigenvalue weighted by Crippen LogP contribution is -2.36. The summed E-state index contributed by atoms with van der Waals surface area (Å²) in [5.74, 6) is 1.38. The summed E-state index contributed by atoms with van der Waals surface area (Å²) in [6.07, 6.45) is 10.8. The Morgan fingerprint density at radius 1 is 1.28 bits per heavy atom. The molecule has 0 atom stereocenters. The number of H-pyrrole nitrogens is 1. The van der Waals surface area contributed by atoms with Gasteiger partial charge in [-0.25, -0.2) is 4.98 Å². The monoisotopic (exact) mass is 338 g/mol. The quantitative estimate of drug-likeness (QED) is 0.934. The van der Waals surface area contributed by atoms with Crippen molar-refractivity contribution in [3.8, 4) is 0 Å². The first-order valence-electron chi connectivity index (χ1n) is 9.44. The third kappa shape index (κ3) is 3.52. The zero-order chi connectivity index (χ0) is 17.2. The first-order valence-corrected chi connectivity index (χ1v) is 9.44. The smallest absolute Gasteiger partial charge is 0.255 e. The van der Waals surface area contributed by atoms with Crippen LogP contribution in [0.15, 0.2) is 23.3 Å². The number of pyridine rings is 1. The molecule has 2 aliphatic rings. The number of nitrogens with zero attached hydrogens (tertiary/aromatic N) is 3. The minimum absolute atomic E-state index is 0.0678. The van der Waals surface area contributed by atoms with Gasteiger partial charge in [0.2, 0.25) is 0 Å². The van der Waals surface area contributed by atoms with E-state index in [2.05, 4.69) is 21.8 Å². The van der Waals surface area contributed by atoms with E-state index < -0.39 is 0 Å². The molecule has 5 nitrogen and oxygen atoms in total. The Morgan fingerprint density at radius 2 is 2.12 bits per heavy atom. The molecule has 1 aliphatic carbocycles. The van der Waals surface area contributed by atoms with Crippen molar-refractivity contribution in [1.82, 2.24) is 19.9 Å². The molecule has 1 saturated carbocycles. The molecule has 3 heterocycles. The van der Waals surface area contributed by atoms with Gasteiger partial charge >= 0.3 is 0 Å². The number of aromatic nitrogens is 3. The molecule has 25 heavy (non-hydrogen) atoms. The molecule has 0 spiro atoms. The normalized spacial score (nSPS) is 18.9. The highest BCUT2D eigenvalue weighted by Crippen LogP contribution is 2.30. The van der Waals surface area contributed by atoms with Crippen LogP contribution in [0.1, 0.15) is 66.2 Å². The highest BCUT2D eigenvalue weighted by atomic mass is 16.1. The van der Waals surface area contributed by atoms with Crippen molar-refractivity contribution in [2.24, 2.45) is 0 Å². The van der Waals surface area contributed by atoms with Crippen molar-refractivity contribution in [2.45, 2.75) is 64.5 Å². The molecule has 1 aliphatic heterocycles. The highest BCUT2D eigenvalue weighted by Gasteiger charge is 2.24. The van der Waals surface area contributed by atoms with Gasteiger partial charge in [0.05, 0.1) is 11.3 Å². The predicted molar refractivity (Wildman–Crippen MR) is 97.5 cm³/mol. The predicted octanol–water partition coefficient (Wildman–Crippen LogP) is 3.08. The molecular weight excluding hydrogens is 312 g/mol. The van der Waals surface area contributed by atoms with E-state index >= 15 is 0 Å². The van der Waals surface area contributed by atoms with Crippen LogP contribution >= 0.6 is 0 Å². The number of aromatic amines is 1. The van der Waals surface area contributed by atoms with Crippen LogP contribution in [-0.2, 0) is 19.5 Å². The second-order valence-electron chi connectivity index (χ2n) is 7.47. The fourth-order valence-corrected chi connectivity index (χ4v) is 4.11. The minimum atomic E-state index is 0.0678. The lowest BCUT2D eigenvalue weighted by molar-refractivity contribution is 0.240. The Balaban J connectivity index is 1.53. The number of rotatable bonds is 3. The van der Waals surface area contributed by atoms with E-state index in [0.717, 1.165) is 49.4 Å². The molecule has 0 bridgehead atoms. The van der Waals surface area contributed by atoms with E-state index in [4.69, 9.17) is 4.98 Å². The van der Waals surface area contributed by atoms with Crippen LogP contribution in [0.25, 0.3) is 0 Å². The van der Waals surface area contributed by atoms with Crippen LogP contribution < -0.4 is 5.56 Å². The molecule has 0 saturated heterocycles. The largest absolute Gasteiger partial charge is 0.310 e. The Hall–Kier alpha value is -2.01. The van der Waals surface area contributed by atoms with Gasteiger partial charge in [0.1, 0.15) is 5.82 Å². The van der Waals surface area contributed by atoms with Gasteiger partial charge in [-0.1, -0.05) is 19.3 Å². The van der Waals surface area contributed by atoms with Crippen molar-refractivity contribution in [1.29, 1.82) is 0 Å². The average Bonchev–Trinajstić information content (AvgIpc) is 2.65. The van der Waals surface area contributed by atoms with Crippen LogP contribution in [-0.4, -0.2) is 26.4 Å². The number of nitrogens with one attached hydrogen (secondary N) is 1. The Bertz CT molecular complexity index is 808. The van der Waals surface area contributed by atoms with Gasteiger partial charge < -0.3 is 4.98 Å². The molecule has 1 N–H and O–H groups in total. The fraction of sp³-hybridized carbons (Fsp3) is 0.550. The number of hydrogen-bond acceptors (Lipinski definition) is 4. The summed E-state index contributed by atoms with van der Waals surface area (Å²) in [6, 6.07) is 2.04. The lowest BCUT2D eigenvalue weighted by atomic mass is 9.88. The van der Waals surface area contributed by atoms with Crippen LogP contribution in [0.3, 0.4) is 0 Å². The molecule has 4 rings (SSSR count). The van der Waals surface area contributed by atoms with E-state index in [1.165, 1.54) is 30.4 Å². The molecule has 0 unspecified atom stereocenters. The topological polar surface area (TPSA) is 61.9 Å². The third-order valence-corrected chi connectivity index (χ3v) is 5.70. The maximum absolute atomic E-state index is 12.7. The first-order chi connectivity index (χ1) is 12.2. The van der Waals surface area contributed by atoms with Gasteiger partial charge in [-0.3, -0.25) is 14.7 Å². The Labute approximate surface area is 148 Å². The lowest BCUT2D eigenvalue weighted by Gasteiger charge is -2.29. The summed E-state index contributed by atoms with van der Waals surface area (Å²) >= 11 is 0. The highest BCUT2D eigenvalue weighted by molar-refractivity contribution is 5.24. The van der Waals surface area contributed by atoms with E-state index in [9.17, 15) is 4.79 Å². The summed E-state index contributed by atoms with van der Waals surface area (Å²) in [5, 5.41) is 0. The molecule has 2 aromatic heterocycles. The number of fused-ring (bicyclic) bond motifs is 1. The van der Waals surface area contributed by atoms with Gasteiger partial charge in [0, 0.05) is 44.4 Å². The molecular formula is C20H26N4O. The van der Waals surface area contributed by atoms with Crippen molar-refractivity contribution < 1.29 is 0 Å². The van der Waals surface area contributed by atoms with Crippen LogP contribution in [0.4, 0.5) is 0 Å². The van der Waals surface area contributed by atoms with E-state index in [-0.39, 0.29) is 5.56 Å². The van der Waals surface area contributed by atoms with Crippen LogP contribution in [0.5, 0.6) is 0 Å². The second kappa shape index (κ2) is 7.08. The molecule has 0 amide bonds. The first kappa shape index (κ1) is 16.5. The van der Waals surface area contributed by atoms with E-state index in [0.29, 0.717) is 12.5 Å². The average molecular weight is 338 g/mol. The summed E-state index contributed by atoms with van der Waals surface area (Å²) in [5.41, 5.74) is 4.42. The standard InChI is InChI=1S/C20H26N4O/c1-14-7-9-21-11-16(14)12-24-10-8-18-17(13-24)20(25)23-19(22-18)15-5-3-2-4-6-15/h7,9,11,15H,2-6,8,10,12-13H2,1H3,(H,22,23,25). The van der Waals surface area contributed by atoms with Crippen molar-refractivity contribution in [2.75, 3.05) is 6.54 Å². The summed E-state index contributed by atoms with van der Waals surface area (Å²) in [4.78, 5) is 27.2. The van der Waals surface area contributed by atoms with Crippen LogP contribution in [0.2, 0.25) is 0 Å². The Morgan fingerprint density at radius 3 is 2.92 bits per heavy atom. The van der Waals surface area contributed by atoms with Crippen molar-refractivity contribution in [3.05, 3.63) is 57.0 Å². The van der Waals surface area contributed by atoms with Gasteiger partial charge in [0.15, 0.2) is 0 Å². The maximum atomic E-state index is 12.7. The molecule has 5 heteroatoms. The molecule has 1 fully saturated rings. The maximum Gasteiger partial charge on any atom is 0.255 e. The minimum Gasteiger partial charge on any atom is -0.310 e. The molecule has 0 radical (unpaired) electrons. The van der Waals surface area contributed by atoms with Gasteiger partial charge in [-0.15, -0.1) is 0 Å². The number of hydrogen-bond donors (Lipinski definition) is 1. The number of aryl methyl sites for hydroxylation is 1. The van der Waals surface area contributed by atoms with Gasteiger partial charge in [-0.05, 0) is 37.0 Å². The molecule has 0 aromatic carbocycles. The van der Waals surface area contributed by atoms with Crippen molar-refractivity contribution >= 4 is 0 Å². The Kier molecular flexibility index (Phi) is 4.66. The van der Waals surface area contributed by atoms with E-state index in [1.54, 1.807) is 0 Å². The summed E-state index contributed by atoms with van der Waals surface area (Å²) in [7, 11) is 0. The molecule has 2 aromatic rings. The summed E-state index contributed by atoms with van der Waals surface area (Å²) < 4.78 is 0. The zero-order valence-corrected chi connectivity index (χ0v) is 14.9. The SMILES string of the molecule is Cc1ccncc1CN1CCc2nc(C3CCCCC3)[nH]c(=O)c2C1. The van der Waals surface area contributed by atoms with Gasteiger partial charge in [-0.2, -0.15) is 0 Å². The zero-order valence-electron chi connectivity index (χ0n) is 14.9. The van der Waals surface area contributed by atoms with Crippen LogP contribution in [0, 0.1) is 6.92 Å². The summed E-state index contributed by atoms with van der Waals surface area (Å²) in [6.45, 7) is 4.57. The van der Waals surface area contributed by atoms with Gasteiger partial charge in [0.25, 0.3) is 5.56 Å². The third-order valence-electron chi connectivity index (χ3n) is 5.70. The second-order valence-corrected chi connectivity index (χ2v) is 7.47. The fourth-order valence-electron chi connectivity index (χ4n) is 4.11.